The number of ether oxygens (including phenoxy) is 1. The van der Waals surface area contributed by atoms with Crippen molar-refractivity contribution in [3.05, 3.63) is 89.5 Å². The average molecular weight is 439 g/mol. The summed E-state index contributed by atoms with van der Waals surface area (Å²) in [6.07, 6.45) is 8.47. The predicted octanol–water partition coefficient (Wildman–Crippen LogP) is 5.66. The molecule has 0 aliphatic heterocycles. The van der Waals surface area contributed by atoms with Crippen LogP contribution in [0.4, 0.5) is 5.69 Å². The maximum atomic E-state index is 12.6. The third-order valence-corrected chi connectivity index (χ3v) is 5.98. The highest BCUT2D eigenvalue weighted by Crippen LogP contribution is 2.37. The van der Waals surface area contributed by atoms with Crippen molar-refractivity contribution in [1.29, 1.82) is 0 Å². The van der Waals surface area contributed by atoms with E-state index in [4.69, 9.17) is 4.74 Å². The average Bonchev–Trinajstić information content (AvgIpc) is 3.35. The molecule has 1 N–H and O–H groups in total. The zero-order valence-corrected chi connectivity index (χ0v) is 18.6. The van der Waals surface area contributed by atoms with Gasteiger partial charge >= 0.3 is 0 Å². The smallest absolute Gasteiger partial charge is 0.267 e. The maximum absolute atomic E-state index is 12.6. The maximum Gasteiger partial charge on any atom is 0.267 e. The lowest BCUT2D eigenvalue weighted by atomic mass is 10.00. The molecule has 0 amide bonds. The first-order valence-corrected chi connectivity index (χ1v) is 11.3. The molecule has 2 aromatic carbocycles. The fourth-order valence-corrected chi connectivity index (χ4v) is 4.30. The Labute approximate surface area is 192 Å². The van der Waals surface area contributed by atoms with Gasteiger partial charge in [-0.2, -0.15) is 5.10 Å². The topological polar surface area (TPSA) is 69.0 Å². The lowest BCUT2D eigenvalue weighted by Crippen LogP contribution is -2.20. The van der Waals surface area contributed by atoms with Crippen molar-refractivity contribution >= 4 is 5.69 Å². The Kier molecular flexibility index (Phi) is 5.89. The number of nitrogens with one attached hydrogen (secondary N) is 1. The molecule has 33 heavy (non-hydrogen) atoms. The number of aromatic nitrogens is 3. The van der Waals surface area contributed by atoms with E-state index >= 15 is 0 Å². The van der Waals surface area contributed by atoms with Gasteiger partial charge in [-0.25, -0.2) is 4.68 Å². The molecule has 1 fully saturated rings. The van der Waals surface area contributed by atoms with Crippen molar-refractivity contribution in [3.63, 3.8) is 0 Å². The molecule has 1 aliphatic rings. The van der Waals surface area contributed by atoms with Crippen LogP contribution in [0.25, 0.3) is 22.4 Å². The van der Waals surface area contributed by atoms with Crippen LogP contribution in [-0.2, 0) is 7.05 Å². The highest BCUT2D eigenvalue weighted by Gasteiger charge is 2.18. The van der Waals surface area contributed by atoms with Gasteiger partial charge in [-0.1, -0.05) is 43.2 Å². The molecular weight excluding hydrogens is 412 g/mol. The van der Waals surface area contributed by atoms with Crippen molar-refractivity contribution in [2.45, 2.75) is 31.7 Å². The minimum atomic E-state index is -0.177. The standard InChI is InChI=1S/C27H26N4O2/c1-31-26(32)16-24(19-15-21(18-28-17-19)29-20-9-5-6-10-20)27(30-31)23-13-7-8-14-25(23)33-22-11-3-2-4-12-22/h2-4,7-8,11-18,20,29H,5-6,9-10H2,1H3. The van der Waals surface area contributed by atoms with Gasteiger partial charge in [-0.15, -0.1) is 0 Å². The van der Waals surface area contributed by atoms with Crippen LogP contribution in [0.15, 0.2) is 83.9 Å². The fraction of sp³-hybridized carbons (Fsp3) is 0.222. The monoisotopic (exact) mass is 438 g/mol. The zero-order chi connectivity index (χ0) is 22.6. The number of hydrogen-bond acceptors (Lipinski definition) is 5. The Bertz CT molecular complexity index is 1310. The summed E-state index contributed by atoms with van der Waals surface area (Å²) >= 11 is 0. The molecular formula is C27H26N4O2. The Morgan fingerprint density at radius 3 is 2.52 bits per heavy atom. The lowest BCUT2D eigenvalue weighted by molar-refractivity contribution is 0.484. The molecule has 2 heterocycles. The van der Waals surface area contributed by atoms with Gasteiger partial charge < -0.3 is 10.1 Å². The highest BCUT2D eigenvalue weighted by atomic mass is 16.5. The van der Waals surface area contributed by atoms with Gasteiger partial charge in [0, 0.05) is 48.2 Å². The van der Waals surface area contributed by atoms with E-state index in [0.717, 1.165) is 28.1 Å². The molecule has 1 aliphatic carbocycles. The van der Waals surface area contributed by atoms with E-state index in [9.17, 15) is 4.79 Å². The molecule has 6 nitrogen and oxygen atoms in total. The van der Waals surface area contributed by atoms with Gasteiger partial charge in [0.2, 0.25) is 0 Å². The van der Waals surface area contributed by atoms with E-state index in [-0.39, 0.29) is 5.56 Å². The Hall–Kier alpha value is -3.93. The SMILES string of the molecule is Cn1nc(-c2ccccc2Oc2ccccc2)c(-c2cncc(NC3CCCC3)c2)cc1=O. The van der Waals surface area contributed by atoms with Crippen LogP contribution in [0.1, 0.15) is 25.7 Å². The molecule has 0 atom stereocenters. The molecule has 0 bridgehead atoms. The summed E-state index contributed by atoms with van der Waals surface area (Å²) in [4.78, 5) is 17.0. The second-order valence-corrected chi connectivity index (χ2v) is 8.37. The lowest BCUT2D eigenvalue weighted by Gasteiger charge is -2.16. The first-order chi connectivity index (χ1) is 16.2. The molecule has 1 saturated carbocycles. The third-order valence-electron chi connectivity index (χ3n) is 5.98. The Balaban J connectivity index is 1.58. The summed E-state index contributed by atoms with van der Waals surface area (Å²) in [6.45, 7) is 0. The van der Waals surface area contributed by atoms with Crippen molar-refractivity contribution in [3.8, 4) is 33.9 Å². The van der Waals surface area contributed by atoms with Crippen LogP contribution in [0, 0.1) is 0 Å². The van der Waals surface area contributed by atoms with Crippen molar-refractivity contribution < 1.29 is 4.74 Å². The Morgan fingerprint density at radius 2 is 1.70 bits per heavy atom. The molecule has 0 unspecified atom stereocenters. The summed E-state index contributed by atoms with van der Waals surface area (Å²) in [7, 11) is 1.66. The number of nitrogens with zero attached hydrogens (tertiary/aromatic N) is 3. The summed E-state index contributed by atoms with van der Waals surface area (Å²) in [6, 6.07) is 21.5. The van der Waals surface area contributed by atoms with Crippen LogP contribution >= 0.6 is 0 Å². The van der Waals surface area contributed by atoms with Crippen LogP contribution in [0.5, 0.6) is 11.5 Å². The molecule has 2 aromatic heterocycles. The molecule has 6 heteroatoms. The minimum Gasteiger partial charge on any atom is -0.457 e. The molecule has 5 rings (SSSR count). The molecule has 4 aromatic rings. The summed E-state index contributed by atoms with van der Waals surface area (Å²) in [5.74, 6) is 1.41. The fourth-order valence-electron chi connectivity index (χ4n) is 4.30. The molecule has 0 spiro atoms. The van der Waals surface area contributed by atoms with Crippen LogP contribution in [0.3, 0.4) is 0 Å². The molecule has 0 radical (unpaired) electrons. The van der Waals surface area contributed by atoms with Gasteiger partial charge in [0.1, 0.15) is 17.2 Å². The molecule has 166 valence electrons. The number of benzene rings is 2. The van der Waals surface area contributed by atoms with E-state index < -0.39 is 0 Å². The second-order valence-electron chi connectivity index (χ2n) is 8.37. The number of para-hydroxylation sites is 2. The zero-order valence-electron chi connectivity index (χ0n) is 18.6. The van der Waals surface area contributed by atoms with Gasteiger partial charge in [0.05, 0.1) is 5.69 Å². The third kappa shape index (κ3) is 4.65. The first-order valence-electron chi connectivity index (χ1n) is 11.3. The number of aryl methyl sites for hydroxylation is 1. The Morgan fingerprint density at radius 1 is 0.939 bits per heavy atom. The van der Waals surface area contributed by atoms with Crippen molar-refractivity contribution in [2.24, 2.45) is 7.05 Å². The van der Waals surface area contributed by atoms with E-state index in [1.54, 1.807) is 19.3 Å². The van der Waals surface area contributed by atoms with Crippen LogP contribution < -0.4 is 15.6 Å². The van der Waals surface area contributed by atoms with Gasteiger partial charge in [0.25, 0.3) is 5.56 Å². The van der Waals surface area contributed by atoms with E-state index in [1.807, 2.05) is 66.9 Å². The van der Waals surface area contributed by atoms with E-state index in [2.05, 4.69) is 15.4 Å². The highest BCUT2D eigenvalue weighted by molar-refractivity contribution is 5.83. The first kappa shape index (κ1) is 20.9. The minimum absolute atomic E-state index is 0.177. The second kappa shape index (κ2) is 9.28. The summed E-state index contributed by atoms with van der Waals surface area (Å²) < 4.78 is 7.54. The quantitative estimate of drug-likeness (QED) is 0.421. The normalized spacial score (nSPS) is 13.7. The number of hydrogen-bond donors (Lipinski definition) is 1. The van der Waals surface area contributed by atoms with E-state index in [0.29, 0.717) is 17.5 Å². The van der Waals surface area contributed by atoms with Gasteiger partial charge in [-0.05, 0) is 43.2 Å². The summed E-state index contributed by atoms with van der Waals surface area (Å²) in [5.41, 5.74) is 3.83. The van der Waals surface area contributed by atoms with Gasteiger partial charge in [-0.3, -0.25) is 9.78 Å². The van der Waals surface area contributed by atoms with Crippen molar-refractivity contribution in [2.75, 3.05) is 5.32 Å². The van der Waals surface area contributed by atoms with Crippen LogP contribution in [-0.4, -0.2) is 20.8 Å². The van der Waals surface area contributed by atoms with E-state index in [1.165, 1.54) is 30.4 Å². The number of anilines is 1. The largest absolute Gasteiger partial charge is 0.457 e. The summed E-state index contributed by atoms with van der Waals surface area (Å²) in [5, 5.41) is 8.22. The predicted molar refractivity (Wildman–Crippen MR) is 131 cm³/mol. The molecule has 0 saturated heterocycles. The van der Waals surface area contributed by atoms with Gasteiger partial charge in [0.15, 0.2) is 0 Å². The van der Waals surface area contributed by atoms with Crippen molar-refractivity contribution in [1.82, 2.24) is 14.8 Å². The number of pyridine rings is 1. The number of rotatable bonds is 6. The van der Waals surface area contributed by atoms with Crippen LogP contribution in [0.2, 0.25) is 0 Å².